The van der Waals surface area contributed by atoms with Crippen molar-refractivity contribution in [2.24, 2.45) is 0 Å². The molecular formula is C13H20N2O2S2. The predicted octanol–water partition coefficient (Wildman–Crippen LogP) is 1.57. The summed E-state index contributed by atoms with van der Waals surface area (Å²) in [6, 6.07) is 3.59. The highest BCUT2D eigenvalue weighted by Gasteiger charge is 2.24. The molecule has 1 aromatic heterocycles. The SMILES string of the molecule is CC(=O)NC(CS)C(=O)N(C)C(C)Cc1cccs1. The maximum Gasteiger partial charge on any atom is 0.245 e. The van der Waals surface area contributed by atoms with Crippen molar-refractivity contribution in [2.75, 3.05) is 12.8 Å². The van der Waals surface area contributed by atoms with Gasteiger partial charge in [-0.2, -0.15) is 12.6 Å². The van der Waals surface area contributed by atoms with Gasteiger partial charge in [0.2, 0.25) is 11.8 Å². The number of likely N-dealkylation sites (N-methyl/N-ethyl adjacent to an activating group) is 1. The average Bonchev–Trinajstić information content (AvgIpc) is 2.86. The van der Waals surface area contributed by atoms with Gasteiger partial charge in [-0.3, -0.25) is 9.59 Å². The second-order valence-electron chi connectivity index (χ2n) is 4.52. The summed E-state index contributed by atoms with van der Waals surface area (Å²) in [6.07, 6.45) is 0.819. The Morgan fingerprint density at radius 2 is 2.21 bits per heavy atom. The molecule has 6 heteroatoms. The molecule has 106 valence electrons. The predicted molar refractivity (Wildman–Crippen MR) is 81.7 cm³/mol. The van der Waals surface area contributed by atoms with Crippen molar-refractivity contribution in [1.82, 2.24) is 10.2 Å². The molecule has 0 saturated heterocycles. The minimum Gasteiger partial charge on any atom is -0.344 e. The summed E-state index contributed by atoms with van der Waals surface area (Å²) in [4.78, 5) is 26.2. The second kappa shape index (κ2) is 7.55. The van der Waals surface area contributed by atoms with Gasteiger partial charge in [-0.15, -0.1) is 11.3 Å². The molecule has 1 heterocycles. The molecule has 0 radical (unpaired) electrons. The lowest BCUT2D eigenvalue weighted by Crippen LogP contribution is -2.50. The summed E-state index contributed by atoms with van der Waals surface area (Å²) in [6.45, 7) is 3.40. The Balaban J connectivity index is 2.61. The quantitative estimate of drug-likeness (QED) is 0.784. The van der Waals surface area contributed by atoms with Gasteiger partial charge in [0.15, 0.2) is 0 Å². The van der Waals surface area contributed by atoms with Crippen LogP contribution in [0.5, 0.6) is 0 Å². The first-order chi connectivity index (χ1) is 8.95. The number of amides is 2. The van der Waals surface area contributed by atoms with Crippen LogP contribution in [0.4, 0.5) is 0 Å². The minimum atomic E-state index is -0.559. The Hall–Kier alpha value is -1.01. The molecule has 1 N–H and O–H groups in total. The third-order valence-corrected chi connectivity index (χ3v) is 4.21. The van der Waals surface area contributed by atoms with E-state index in [1.54, 1.807) is 23.3 Å². The van der Waals surface area contributed by atoms with Crippen molar-refractivity contribution in [1.29, 1.82) is 0 Å². The summed E-state index contributed by atoms with van der Waals surface area (Å²) >= 11 is 5.80. The first kappa shape index (κ1) is 16.0. The van der Waals surface area contributed by atoms with Gasteiger partial charge < -0.3 is 10.2 Å². The summed E-state index contributed by atoms with van der Waals surface area (Å²) in [5.41, 5.74) is 0. The molecule has 19 heavy (non-hydrogen) atoms. The van der Waals surface area contributed by atoms with E-state index in [0.717, 1.165) is 6.42 Å². The van der Waals surface area contributed by atoms with Gasteiger partial charge >= 0.3 is 0 Å². The van der Waals surface area contributed by atoms with E-state index in [4.69, 9.17) is 0 Å². The maximum atomic E-state index is 12.2. The fourth-order valence-corrected chi connectivity index (χ4v) is 2.82. The van der Waals surface area contributed by atoms with Crippen LogP contribution in [0.15, 0.2) is 17.5 Å². The molecule has 2 atom stereocenters. The highest BCUT2D eigenvalue weighted by molar-refractivity contribution is 7.80. The van der Waals surface area contributed by atoms with Crippen molar-refractivity contribution in [2.45, 2.75) is 32.4 Å². The molecule has 0 fully saturated rings. The molecule has 0 saturated carbocycles. The van der Waals surface area contributed by atoms with E-state index in [1.165, 1.54) is 11.8 Å². The van der Waals surface area contributed by atoms with E-state index in [9.17, 15) is 9.59 Å². The van der Waals surface area contributed by atoms with Crippen molar-refractivity contribution < 1.29 is 9.59 Å². The molecule has 0 bridgehead atoms. The van der Waals surface area contributed by atoms with E-state index in [0.29, 0.717) is 5.75 Å². The Morgan fingerprint density at radius 3 is 2.68 bits per heavy atom. The molecule has 0 aliphatic heterocycles. The zero-order chi connectivity index (χ0) is 14.4. The number of carbonyl (C=O) groups excluding carboxylic acids is 2. The van der Waals surface area contributed by atoms with Crippen LogP contribution in [0.25, 0.3) is 0 Å². The smallest absolute Gasteiger partial charge is 0.245 e. The molecule has 0 aromatic carbocycles. The molecule has 0 aliphatic rings. The summed E-state index contributed by atoms with van der Waals surface area (Å²) in [5.74, 6) is -0.0185. The molecule has 1 rings (SSSR count). The van der Waals surface area contributed by atoms with Gasteiger partial charge in [0.05, 0.1) is 0 Å². The van der Waals surface area contributed by atoms with Gasteiger partial charge in [0.25, 0.3) is 0 Å². The number of hydrogen-bond donors (Lipinski definition) is 2. The number of nitrogens with zero attached hydrogens (tertiary/aromatic N) is 1. The lowest BCUT2D eigenvalue weighted by Gasteiger charge is -2.28. The largest absolute Gasteiger partial charge is 0.344 e. The van der Waals surface area contributed by atoms with Gasteiger partial charge in [-0.25, -0.2) is 0 Å². The van der Waals surface area contributed by atoms with Crippen molar-refractivity contribution in [3.63, 3.8) is 0 Å². The Kier molecular flexibility index (Phi) is 6.37. The van der Waals surface area contributed by atoms with Gasteiger partial charge in [0, 0.05) is 37.1 Å². The van der Waals surface area contributed by atoms with Gasteiger partial charge in [-0.1, -0.05) is 6.07 Å². The zero-order valence-electron chi connectivity index (χ0n) is 11.4. The molecule has 0 spiro atoms. The first-order valence-electron chi connectivity index (χ1n) is 6.12. The number of thiophene rings is 1. The molecule has 2 unspecified atom stereocenters. The molecule has 1 aromatic rings. The van der Waals surface area contributed by atoms with Crippen molar-refractivity contribution in [3.8, 4) is 0 Å². The summed E-state index contributed by atoms with van der Waals surface area (Å²) in [7, 11) is 1.76. The van der Waals surface area contributed by atoms with Crippen LogP contribution < -0.4 is 5.32 Å². The van der Waals surface area contributed by atoms with Crippen LogP contribution in [0.3, 0.4) is 0 Å². The third-order valence-electron chi connectivity index (χ3n) is 2.94. The lowest BCUT2D eigenvalue weighted by atomic mass is 10.1. The number of rotatable bonds is 6. The summed E-state index contributed by atoms with van der Waals surface area (Å²) < 4.78 is 0. The van der Waals surface area contributed by atoms with Gasteiger partial charge in [-0.05, 0) is 18.4 Å². The number of nitrogens with one attached hydrogen (secondary N) is 1. The van der Waals surface area contributed by atoms with Crippen molar-refractivity contribution >= 4 is 35.8 Å². The highest BCUT2D eigenvalue weighted by Crippen LogP contribution is 2.14. The molecule has 0 aliphatic carbocycles. The minimum absolute atomic E-state index is 0.0855. The summed E-state index contributed by atoms with van der Waals surface area (Å²) in [5, 5.41) is 4.65. The first-order valence-corrected chi connectivity index (χ1v) is 7.64. The van der Waals surface area contributed by atoms with Crippen LogP contribution in [0.1, 0.15) is 18.7 Å². The molecule has 4 nitrogen and oxygen atoms in total. The average molecular weight is 300 g/mol. The Morgan fingerprint density at radius 1 is 1.53 bits per heavy atom. The standard InChI is InChI=1S/C13H20N2O2S2/c1-9(7-11-5-4-6-19-11)15(3)13(17)12(8-18)14-10(2)16/h4-6,9,12,18H,7-8H2,1-3H3,(H,14,16). The monoisotopic (exact) mass is 300 g/mol. The Bertz CT molecular complexity index is 420. The molecular weight excluding hydrogens is 280 g/mol. The lowest BCUT2D eigenvalue weighted by molar-refractivity contribution is -0.135. The Labute approximate surface area is 123 Å². The van der Waals surface area contributed by atoms with Crippen LogP contribution >= 0.6 is 24.0 Å². The van der Waals surface area contributed by atoms with Gasteiger partial charge in [0.1, 0.15) is 6.04 Å². The van der Waals surface area contributed by atoms with Crippen LogP contribution in [0, 0.1) is 0 Å². The highest BCUT2D eigenvalue weighted by atomic mass is 32.1. The second-order valence-corrected chi connectivity index (χ2v) is 5.91. The van der Waals surface area contributed by atoms with Crippen LogP contribution in [-0.4, -0.2) is 41.6 Å². The van der Waals surface area contributed by atoms with Crippen molar-refractivity contribution in [3.05, 3.63) is 22.4 Å². The van der Waals surface area contributed by atoms with Crippen LogP contribution in [0.2, 0.25) is 0 Å². The number of carbonyl (C=O) groups is 2. The maximum absolute atomic E-state index is 12.2. The van der Waals surface area contributed by atoms with Crippen LogP contribution in [-0.2, 0) is 16.0 Å². The fraction of sp³-hybridized carbons (Fsp3) is 0.538. The van der Waals surface area contributed by atoms with E-state index in [-0.39, 0.29) is 17.9 Å². The topological polar surface area (TPSA) is 49.4 Å². The molecule has 2 amide bonds. The van der Waals surface area contributed by atoms with E-state index >= 15 is 0 Å². The fourth-order valence-electron chi connectivity index (χ4n) is 1.75. The zero-order valence-corrected chi connectivity index (χ0v) is 13.1. The normalized spacial score (nSPS) is 13.7. The van der Waals surface area contributed by atoms with E-state index in [1.807, 2.05) is 18.4 Å². The number of thiol groups is 1. The van der Waals surface area contributed by atoms with E-state index in [2.05, 4.69) is 24.0 Å². The third kappa shape index (κ3) is 4.87. The van der Waals surface area contributed by atoms with E-state index < -0.39 is 6.04 Å². The number of hydrogen-bond acceptors (Lipinski definition) is 4.